The van der Waals surface area contributed by atoms with Crippen LogP contribution in [0.3, 0.4) is 0 Å². The second-order valence-corrected chi connectivity index (χ2v) is 7.82. The molecule has 4 rings (SSSR count). The molecule has 6 nitrogen and oxygen atoms in total. The van der Waals surface area contributed by atoms with Crippen molar-refractivity contribution in [3.8, 4) is 47.3 Å². The van der Waals surface area contributed by atoms with Gasteiger partial charge in [0.25, 0.3) is 11.8 Å². The third-order valence-corrected chi connectivity index (χ3v) is 5.45. The predicted octanol–water partition coefficient (Wildman–Crippen LogP) is 5.23. The van der Waals surface area contributed by atoms with Crippen molar-refractivity contribution in [2.75, 3.05) is 10.6 Å². The molecule has 36 heavy (non-hydrogen) atoms. The van der Waals surface area contributed by atoms with Crippen LogP contribution in [0.5, 0.6) is 11.5 Å². The summed E-state index contributed by atoms with van der Waals surface area (Å²) in [6.07, 6.45) is 10.7. The average molecular weight is 473 g/mol. The van der Waals surface area contributed by atoms with E-state index < -0.39 is 11.8 Å². The predicted molar refractivity (Wildman–Crippen MR) is 140 cm³/mol. The zero-order valence-corrected chi connectivity index (χ0v) is 18.9. The van der Waals surface area contributed by atoms with Crippen molar-refractivity contribution in [1.29, 1.82) is 0 Å². The van der Waals surface area contributed by atoms with Crippen molar-refractivity contribution in [3.63, 3.8) is 0 Å². The van der Waals surface area contributed by atoms with Crippen molar-refractivity contribution in [1.82, 2.24) is 0 Å². The van der Waals surface area contributed by atoms with Gasteiger partial charge in [-0.1, -0.05) is 24.0 Å². The highest BCUT2D eigenvalue weighted by Crippen LogP contribution is 2.34. The van der Waals surface area contributed by atoms with Gasteiger partial charge in [-0.05, 0) is 83.9 Å². The van der Waals surface area contributed by atoms with Crippen LogP contribution < -0.4 is 10.6 Å². The maximum Gasteiger partial charge on any atom is 0.255 e. The van der Waals surface area contributed by atoms with Crippen molar-refractivity contribution in [2.45, 2.75) is 0 Å². The lowest BCUT2D eigenvalue weighted by molar-refractivity contribution is 0.101. The van der Waals surface area contributed by atoms with Gasteiger partial charge in [0, 0.05) is 22.3 Å². The molecule has 0 heterocycles. The Labute approximate surface area is 208 Å². The molecule has 4 aromatic carbocycles. The Bertz CT molecular complexity index is 1420. The number of amides is 2. The van der Waals surface area contributed by atoms with Gasteiger partial charge in [0.1, 0.15) is 11.5 Å². The summed E-state index contributed by atoms with van der Waals surface area (Å²) < 4.78 is 0. The van der Waals surface area contributed by atoms with E-state index in [0.717, 1.165) is 0 Å². The number of anilines is 2. The van der Waals surface area contributed by atoms with Crippen LogP contribution in [0.4, 0.5) is 11.4 Å². The minimum absolute atomic E-state index is 0.145. The number of nitrogens with one attached hydrogen (secondary N) is 2. The molecule has 0 aliphatic heterocycles. The number of phenols is 2. The van der Waals surface area contributed by atoms with Crippen molar-refractivity contribution < 1.29 is 19.8 Å². The topological polar surface area (TPSA) is 98.7 Å². The molecule has 2 amide bonds. The maximum absolute atomic E-state index is 12.5. The van der Waals surface area contributed by atoms with E-state index in [9.17, 15) is 19.8 Å². The normalized spacial score (nSPS) is 10.1. The van der Waals surface area contributed by atoms with Crippen LogP contribution in [0.1, 0.15) is 31.8 Å². The summed E-state index contributed by atoms with van der Waals surface area (Å²) in [5, 5.41) is 26.2. The number of benzene rings is 4. The Morgan fingerprint density at radius 2 is 0.944 bits per heavy atom. The fourth-order valence-electron chi connectivity index (χ4n) is 3.46. The molecule has 0 saturated heterocycles. The van der Waals surface area contributed by atoms with Gasteiger partial charge in [-0.3, -0.25) is 9.59 Å². The monoisotopic (exact) mass is 472 g/mol. The lowest BCUT2D eigenvalue weighted by Gasteiger charge is -2.12. The van der Waals surface area contributed by atoms with Crippen LogP contribution in [0.25, 0.3) is 11.1 Å². The summed E-state index contributed by atoms with van der Waals surface area (Å²) in [5.41, 5.74) is 3.77. The van der Waals surface area contributed by atoms with Crippen molar-refractivity contribution in [3.05, 3.63) is 107 Å². The molecule has 0 bridgehead atoms. The second-order valence-electron chi connectivity index (χ2n) is 7.82. The fourth-order valence-corrected chi connectivity index (χ4v) is 3.46. The van der Waals surface area contributed by atoms with Gasteiger partial charge in [0.2, 0.25) is 0 Å². The summed E-state index contributed by atoms with van der Waals surface area (Å²) in [5.74, 6) is 3.89. The molecule has 4 N–H and O–H groups in total. The van der Waals surface area contributed by atoms with Crippen LogP contribution in [-0.4, -0.2) is 22.0 Å². The van der Waals surface area contributed by atoms with Crippen LogP contribution >= 0.6 is 0 Å². The van der Waals surface area contributed by atoms with Gasteiger partial charge in [-0.15, -0.1) is 12.8 Å². The molecule has 0 spiro atoms. The Balaban J connectivity index is 1.47. The van der Waals surface area contributed by atoms with Gasteiger partial charge >= 0.3 is 0 Å². The quantitative estimate of drug-likeness (QED) is 0.236. The van der Waals surface area contributed by atoms with E-state index in [0.29, 0.717) is 33.4 Å². The van der Waals surface area contributed by atoms with Gasteiger partial charge in [0.15, 0.2) is 0 Å². The molecule has 0 saturated carbocycles. The smallest absolute Gasteiger partial charge is 0.255 e. The largest absolute Gasteiger partial charge is 0.506 e. The van der Waals surface area contributed by atoms with Crippen LogP contribution in [0, 0.1) is 24.7 Å². The van der Waals surface area contributed by atoms with Crippen molar-refractivity contribution >= 4 is 23.2 Å². The lowest BCUT2D eigenvalue weighted by atomic mass is 10.0. The Morgan fingerprint density at radius 3 is 1.25 bits per heavy atom. The molecule has 0 fully saturated rings. The highest BCUT2D eigenvalue weighted by Gasteiger charge is 2.13. The lowest BCUT2D eigenvalue weighted by Crippen LogP contribution is -2.12. The molecule has 6 heteroatoms. The van der Waals surface area contributed by atoms with Gasteiger partial charge < -0.3 is 20.8 Å². The van der Waals surface area contributed by atoms with Crippen LogP contribution in [0.2, 0.25) is 0 Å². The van der Waals surface area contributed by atoms with E-state index in [1.54, 1.807) is 72.8 Å². The third kappa shape index (κ3) is 5.20. The number of rotatable bonds is 5. The van der Waals surface area contributed by atoms with E-state index in [-0.39, 0.29) is 22.9 Å². The highest BCUT2D eigenvalue weighted by atomic mass is 16.3. The molecular formula is C30H20N2O4. The number of hydrogen-bond acceptors (Lipinski definition) is 4. The van der Waals surface area contributed by atoms with Gasteiger partial charge in [0.05, 0.1) is 11.4 Å². The van der Waals surface area contributed by atoms with E-state index in [4.69, 9.17) is 12.8 Å². The number of aromatic hydroxyl groups is 2. The summed E-state index contributed by atoms with van der Waals surface area (Å²) >= 11 is 0. The zero-order valence-electron chi connectivity index (χ0n) is 18.9. The molecule has 0 unspecified atom stereocenters. The van der Waals surface area contributed by atoms with E-state index in [1.165, 1.54) is 12.1 Å². The molecule has 0 aliphatic rings. The number of terminal acetylenes is 2. The molecule has 0 radical (unpaired) electrons. The van der Waals surface area contributed by atoms with Gasteiger partial charge in [-0.25, -0.2) is 0 Å². The standard InChI is InChI=1S/C30H20N2O4/c1-3-19-5-9-21(10-6-19)29(35)31-25-15-13-23(17-27(25)33)24-14-16-26(28(34)18-24)32-30(36)22-11-7-20(4-2)8-12-22/h1-2,5-18,33-34H,(H,31,35)(H,32,36). The van der Waals surface area contributed by atoms with E-state index in [2.05, 4.69) is 22.5 Å². The number of phenolic OH excluding ortho intramolecular Hbond substituents is 2. The summed E-state index contributed by atoms with van der Waals surface area (Å²) in [4.78, 5) is 25.0. The molecule has 0 aliphatic carbocycles. The van der Waals surface area contributed by atoms with E-state index >= 15 is 0 Å². The number of hydrogen-bond donors (Lipinski definition) is 4. The summed E-state index contributed by atoms with van der Waals surface area (Å²) in [6, 6.07) is 22.5. The first-order chi connectivity index (χ1) is 17.4. The first-order valence-electron chi connectivity index (χ1n) is 10.8. The minimum atomic E-state index is -0.395. The second kappa shape index (κ2) is 10.2. The first kappa shape index (κ1) is 23.7. The Morgan fingerprint density at radius 1 is 0.583 bits per heavy atom. The zero-order chi connectivity index (χ0) is 25.7. The van der Waals surface area contributed by atoms with Crippen molar-refractivity contribution in [2.24, 2.45) is 0 Å². The van der Waals surface area contributed by atoms with Gasteiger partial charge in [-0.2, -0.15) is 0 Å². The van der Waals surface area contributed by atoms with Crippen LogP contribution in [0.15, 0.2) is 84.9 Å². The molecule has 0 aromatic heterocycles. The third-order valence-electron chi connectivity index (χ3n) is 5.45. The number of carbonyl (C=O) groups excluding carboxylic acids is 2. The van der Waals surface area contributed by atoms with E-state index in [1.807, 2.05) is 0 Å². The van der Waals surface area contributed by atoms with Crippen LogP contribution in [-0.2, 0) is 0 Å². The fraction of sp³-hybridized carbons (Fsp3) is 0. The Hall–Kier alpha value is -5.46. The molecule has 4 aromatic rings. The average Bonchev–Trinajstić information content (AvgIpc) is 2.91. The SMILES string of the molecule is C#Cc1ccc(C(=O)Nc2ccc(-c3ccc(NC(=O)c4ccc(C#C)cc4)c(O)c3)cc2O)cc1. The molecule has 174 valence electrons. The Kier molecular flexibility index (Phi) is 6.72. The maximum atomic E-state index is 12.5. The first-order valence-corrected chi connectivity index (χ1v) is 10.8. The molecule has 0 atom stereocenters. The highest BCUT2D eigenvalue weighted by molar-refractivity contribution is 6.06. The summed E-state index contributed by atoms with van der Waals surface area (Å²) in [7, 11) is 0. The molecular weight excluding hydrogens is 452 g/mol. The summed E-state index contributed by atoms with van der Waals surface area (Å²) in [6.45, 7) is 0. The number of carbonyl (C=O) groups is 2. The minimum Gasteiger partial charge on any atom is -0.506 e.